The van der Waals surface area contributed by atoms with Crippen molar-refractivity contribution < 1.29 is 45.7 Å². The predicted molar refractivity (Wildman–Crippen MR) is 67.5 cm³/mol. The molecule has 4 aliphatic rings. The zero-order valence-electron chi connectivity index (χ0n) is 10.9. The molecule has 7 heteroatoms. The molecular weight excluding hydrogens is 457 g/mol. The molecule has 21 heavy (non-hydrogen) atoms. The summed E-state index contributed by atoms with van der Waals surface area (Å²) in [4.78, 5) is 33.8. The van der Waals surface area contributed by atoms with Crippen molar-refractivity contribution in [3.05, 3.63) is 24.3 Å². The molecule has 5 unspecified atom stereocenters. The van der Waals surface area contributed by atoms with Crippen LogP contribution in [0.15, 0.2) is 24.3 Å². The van der Waals surface area contributed by atoms with E-state index in [1.807, 2.05) is 6.08 Å². The molecular formula is C14H15NO5Pt. The van der Waals surface area contributed by atoms with Crippen LogP contribution >= 0.6 is 0 Å². The zero-order chi connectivity index (χ0) is 14.4. The number of fused-ring (bicyclic) bond motifs is 1. The number of amides is 1. The van der Waals surface area contributed by atoms with Crippen molar-refractivity contribution in [2.24, 2.45) is 29.6 Å². The average molecular weight is 472 g/mol. The number of carboxylic acid groups (broad SMARTS) is 2. The fraction of sp³-hybridized carbons (Fsp3) is 0.500. The molecule has 116 valence electrons. The number of nitrogens with one attached hydrogen (secondary N) is 1. The van der Waals surface area contributed by atoms with E-state index in [1.54, 1.807) is 0 Å². The molecule has 0 aromatic carbocycles. The fourth-order valence-electron chi connectivity index (χ4n) is 3.56. The van der Waals surface area contributed by atoms with Crippen molar-refractivity contribution in [1.82, 2.24) is 5.32 Å². The third-order valence-corrected chi connectivity index (χ3v) is 4.63. The number of aliphatic carboxylic acids is 2. The molecule has 0 saturated heterocycles. The van der Waals surface area contributed by atoms with Gasteiger partial charge in [-0.1, -0.05) is 24.3 Å². The number of hydrogen-bond acceptors (Lipinski definition) is 3. The van der Waals surface area contributed by atoms with E-state index in [2.05, 4.69) is 23.5 Å². The maximum atomic E-state index is 12.2. The van der Waals surface area contributed by atoms with Gasteiger partial charge in [0, 0.05) is 27.0 Å². The molecule has 3 N–H and O–H groups in total. The Labute approximate surface area is 135 Å². The largest absolute Gasteiger partial charge is 0.479 e. The summed E-state index contributed by atoms with van der Waals surface area (Å²) in [5, 5.41) is 19.7. The number of rotatable bonds is 4. The van der Waals surface area contributed by atoms with Crippen molar-refractivity contribution in [3.8, 4) is 0 Å². The SMILES string of the molecule is O=C(O)C(NC(=O)C1CC2C=CC1C1C=CC21)C(=O)O.[Pt]. The van der Waals surface area contributed by atoms with Crippen LogP contribution in [0, 0.1) is 29.6 Å². The quantitative estimate of drug-likeness (QED) is 0.403. The standard InChI is InChI=1S/C14H15NO5.Pt/c16-12(15-11(13(17)18)14(19)20)10-5-6-1-2-9(10)8-4-3-7(6)8;/h1-4,6-11H,5H2,(H,15,16)(H,17,18)(H,19,20);. The summed E-state index contributed by atoms with van der Waals surface area (Å²) in [5.41, 5.74) is 0. The number of carboxylic acids is 2. The Balaban J connectivity index is 0.00000161. The third-order valence-electron chi connectivity index (χ3n) is 4.63. The molecule has 0 spiro atoms. The van der Waals surface area contributed by atoms with Crippen LogP contribution < -0.4 is 5.32 Å². The minimum Gasteiger partial charge on any atom is -0.479 e. The maximum Gasteiger partial charge on any atom is 0.338 e. The molecule has 6 nitrogen and oxygen atoms in total. The second kappa shape index (κ2) is 5.76. The molecule has 0 heterocycles. The van der Waals surface area contributed by atoms with E-state index in [0.29, 0.717) is 24.2 Å². The van der Waals surface area contributed by atoms with Crippen LogP contribution in [0.1, 0.15) is 6.42 Å². The number of carbonyl (C=O) groups excluding carboxylic acids is 1. The summed E-state index contributed by atoms with van der Waals surface area (Å²) in [6, 6.07) is -1.88. The van der Waals surface area contributed by atoms with E-state index in [4.69, 9.17) is 10.2 Å². The zero-order valence-corrected chi connectivity index (χ0v) is 13.2. The maximum absolute atomic E-state index is 12.2. The van der Waals surface area contributed by atoms with Gasteiger partial charge in [0.15, 0.2) is 0 Å². The number of carbonyl (C=O) groups is 3. The first-order valence-electron chi connectivity index (χ1n) is 6.61. The Kier molecular flexibility index (Phi) is 4.37. The van der Waals surface area contributed by atoms with Gasteiger partial charge in [-0.05, 0) is 30.1 Å². The Morgan fingerprint density at radius 1 is 0.952 bits per heavy atom. The molecule has 1 saturated carbocycles. The molecule has 1 fully saturated rings. The number of allylic oxidation sites excluding steroid dienone is 4. The molecule has 5 atom stereocenters. The van der Waals surface area contributed by atoms with Crippen LogP contribution in [-0.4, -0.2) is 34.1 Å². The van der Waals surface area contributed by atoms with Crippen molar-refractivity contribution in [2.75, 3.05) is 0 Å². The van der Waals surface area contributed by atoms with Gasteiger partial charge in [-0.15, -0.1) is 0 Å². The first-order chi connectivity index (χ1) is 9.49. The Morgan fingerprint density at radius 2 is 1.52 bits per heavy atom. The van der Waals surface area contributed by atoms with Gasteiger partial charge in [0.05, 0.1) is 0 Å². The first-order valence-corrected chi connectivity index (χ1v) is 6.61. The predicted octanol–water partition coefficient (Wildman–Crippen LogP) is 0.262. The smallest absolute Gasteiger partial charge is 0.338 e. The second-order valence-electron chi connectivity index (χ2n) is 5.63. The van der Waals surface area contributed by atoms with E-state index in [9.17, 15) is 14.4 Å². The third kappa shape index (κ3) is 2.57. The second-order valence-corrected chi connectivity index (χ2v) is 5.63. The van der Waals surface area contributed by atoms with Crippen molar-refractivity contribution in [1.29, 1.82) is 0 Å². The molecule has 4 aliphatic carbocycles. The van der Waals surface area contributed by atoms with Gasteiger partial charge in [-0.3, -0.25) is 4.79 Å². The van der Waals surface area contributed by atoms with Crippen molar-refractivity contribution in [2.45, 2.75) is 12.5 Å². The average Bonchev–Trinajstić information content (AvgIpc) is 2.34. The van der Waals surface area contributed by atoms with Gasteiger partial charge in [-0.25, -0.2) is 9.59 Å². The van der Waals surface area contributed by atoms with E-state index in [0.717, 1.165) is 0 Å². The monoisotopic (exact) mass is 472 g/mol. The van der Waals surface area contributed by atoms with Crippen LogP contribution in [0.25, 0.3) is 0 Å². The Morgan fingerprint density at radius 3 is 2.00 bits per heavy atom. The van der Waals surface area contributed by atoms with E-state index >= 15 is 0 Å². The summed E-state index contributed by atoms with van der Waals surface area (Å²) < 4.78 is 0. The number of hydrogen-bond donors (Lipinski definition) is 3. The molecule has 0 radical (unpaired) electrons. The summed E-state index contributed by atoms with van der Waals surface area (Å²) in [7, 11) is 0. The summed E-state index contributed by atoms with van der Waals surface area (Å²) in [6.45, 7) is 0. The fourth-order valence-corrected chi connectivity index (χ4v) is 3.56. The Hall–Kier alpha value is -1.42. The van der Waals surface area contributed by atoms with Gasteiger partial charge in [-0.2, -0.15) is 0 Å². The normalized spacial score (nSPS) is 34.6. The van der Waals surface area contributed by atoms with E-state index in [-0.39, 0.29) is 32.9 Å². The summed E-state index contributed by atoms with van der Waals surface area (Å²) >= 11 is 0. The molecule has 1 amide bonds. The van der Waals surface area contributed by atoms with Gasteiger partial charge >= 0.3 is 11.9 Å². The molecule has 0 aliphatic heterocycles. The summed E-state index contributed by atoms with van der Waals surface area (Å²) in [5.74, 6) is -2.73. The molecule has 0 aromatic rings. The van der Waals surface area contributed by atoms with Gasteiger partial charge in [0.25, 0.3) is 0 Å². The van der Waals surface area contributed by atoms with Crippen LogP contribution in [0.2, 0.25) is 0 Å². The molecule has 4 rings (SSSR count). The minimum atomic E-state index is -1.88. The topological polar surface area (TPSA) is 104 Å². The molecule has 2 bridgehead atoms. The first kappa shape index (κ1) is 16.0. The van der Waals surface area contributed by atoms with Gasteiger partial charge in [0.1, 0.15) is 0 Å². The van der Waals surface area contributed by atoms with Crippen LogP contribution in [0.5, 0.6) is 0 Å². The van der Waals surface area contributed by atoms with E-state index < -0.39 is 23.9 Å². The minimum absolute atomic E-state index is 0. The van der Waals surface area contributed by atoms with Crippen LogP contribution in [0.4, 0.5) is 0 Å². The van der Waals surface area contributed by atoms with Crippen LogP contribution in [-0.2, 0) is 35.4 Å². The van der Waals surface area contributed by atoms with Crippen molar-refractivity contribution in [3.63, 3.8) is 0 Å². The van der Waals surface area contributed by atoms with Crippen LogP contribution in [0.3, 0.4) is 0 Å². The molecule has 0 aromatic heterocycles. The summed E-state index contributed by atoms with van der Waals surface area (Å²) in [6.07, 6.45) is 9.02. The van der Waals surface area contributed by atoms with Crippen molar-refractivity contribution >= 4 is 17.8 Å². The van der Waals surface area contributed by atoms with Gasteiger partial charge < -0.3 is 15.5 Å². The Bertz CT molecular complexity index is 529. The van der Waals surface area contributed by atoms with E-state index in [1.165, 1.54) is 0 Å². The van der Waals surface area contributed by atoms with Gasteiger partial charge in [0.2, 0.25) is 11.9 Å².